The summed E-state index contributed by atoms with van der Waals surface area (Å²) < 4.78 is 46.7. The van der Waals surface area contributed by atoms with Gasteiger partial charge < -0.3 is 4.74 Å². The van der Waals surface area contributed by atoms with E-state index in [0.717, 1.165) is 38.2 Å². The average Bonchev–Trinajstić information content (AvgIpc) is 3.04. The quantitative estimate of drug-likeness (QED) is 0.828. The van der Waals surface area contributed by atoms with E-state index in [1.807, 2.05) is 13.8 Å². The van der Waals surface area contributed by atoms with Gasteiger partial charge in [0.05, 0.1) is 18.1 Å². The fourth-order valence-corrected chi connectivity index (χ4v) is 3.81. The van der Waals surface area contributed by atoms with Crippen molar-refractivity contribution < 1.29 is 22.7 Å². The molecule has 0 aromatic carbocycles. The zero-order valence-electron chi connectivity index (χ0n) is 15.8. The number of anilines is 1. The van der Waals surface area contributed by atoms with Gasteiger partial charge in [0.2, 0.25) is 11.9 Å². The number of imidazole rings is 1. The van der Waals surface area contributed by atoms with Crippen LogP contribution in [0.1, 0.15) is 64.1 Å². The van der Waals surface area contributed by atoms with E-state index in [2.05, 4.69) is 15.3 Å². The maximum absolute atomic E-state index is 13.1. The lowest BCUT2D eigenvalue weighted by Crippen LogP contribution is -2.26. The number of amides is 1. The maximum Gasteiger partial charge on any atom is 0.433 e. The minimum absolute atomic E-state index is 0.00190. The number of nitrogens with zero attached hydrogens (tertiary/aromatic N) is 3. The highest BCUT2D eigenvalue weighted by Crippen LogP contribution is 2.38. The Kier molecular flexibility index (Phi) is 4.60. The molecule has 1 unspecified atom stereocenters. The lowest BCUT2D eigenvalue weighted by Gasteiger charge is -2.28. The number of alkyl halides is 3. The van der Waals surface area contributed by atoms with Gasteiger partial charge in [0, 0.05) is 6.04 Å². The van der Waals surface area contributed by atoms with Gasteiger partial charge in [-0.15, -0.1) is 0 Å². The van der Waals surface area contributed by atoms with E-state index >= 15 is 0 Å². The second-order valence-electron chi connectivity index (χ2n) is 8.22. The largest absolute Gasteiger partial charge is 0.433 e. The van der Waals surface area contributed by atoms with E-state index in [-0.39, 0.29) is 41.7 Å². The number of hydrogen-bond donors (Lipinski definition) is 1. The molecule has 1 aliphatic carbocycles. The monoisotopic (exact) mass is 396 g/mol. The minimum Gasteiger partial charge on any atom is -0.372 e. The predicted octanol–water partition coefficient (Wildman–Crippen LogP) is 4.46. The normalized spacial score (nSPS) is 22.4. The fraction of sp³-hybridized carbons (Fsp3) is 0.632. The molecule has 28 heavy (non-hydrogen) atoms. The average molecular weight is 396 g/mol. The van der Waals surface area contributed by atoms with Crippen molar-refractivity contribution in [2.75, 3.05) is 5.32 Å². The predicted molar refractivity (Wildman–Crippen MR) is 96.9 cm³/mol. The van der Waals surface area contributed by atoms with Crippen molar-refractivity contribution in [3.8, 4) is 0 Å². The molecule has 4 rings (SSSR count). The van der Waals surface area contributed by atoms with Crippen molar-refractivity contribution in [1.82, 2.24) is 14.5 Å². The molecule has 2 aromatic heterocycles. The number of ether oxygens (including phenoxy) is 1. The van der Waals surface area contributed by atoms with Gasteiger partial charge in [-0.25, -0.2) is 9.97 Å². The number of pyridine rings is 1. The molecule has 152 valence electrons. The molecule has 0 bridgehead atoms. The van der Waals surface area contributed by atoms with Gasteiger partial charge in [0.15, 0.2) is 5.65 Å². The molecule has 2 aromatic rings. The van der Waals surface area contributed by atoms with E-state index < -0.39 is 11.9 Å². The van der Waals surface area contributed by atoms with Crippen molar-refractivity contribution in [2.45, 2.75) is 76.3 Å². The molecule has 1 aliphatic heterocycles. The lowest BCUT2D eigenvalue weighted by atomic mass is 9.93. The van der Waals surface area contributed by atoms with Crippen LogP contribution in [-0.2, 0) is 15.7 Å². The second kappa shape index (κ2) is 6.72. The third-order valence-electron chi connectivity index (χ3n) is 5.49. The molecule has 1 atom stereocenters. The van der Waals surface area contributed by atoms with Crippen molar-refractivity contribution >= 4 is 23.0 Å². The smallest absolute Gasteiger partial charge is 0.372 e. The van der Waals surface area contributed by atoms with Gasteiger partial charge >= 0.3 is 6.18 Å². The first-order valence-electron chi connectivity index (χ1n) is 9.56. The molecule has 2 aliphatic rings. The van der Waals surface area contributed by atoms with Crippen LogP contribution >= 0.6 is 0 Å². The van der Waals surface area contributed by atoms with Crippen LogP contribution in [0.4, 0.5) is 19.1 Å². The Labute approximate surface area is 160 Å². The molecule has 9 heteroatoms. The van der Waals surface area contributed by atoms with Crippen molar-refractivity contribution in [3.63, 3.8) is 0 Å². The SMILES string of the molecule is CC1(C)CCC(CC(=O)Nc2nc3ccc(C(F)(F)F)nc3n2C2CCC2)O1. The van der Waals surface area contributed by atoms with Crippen LogP contribution in [0.25, 0.3) is 11.2 Å². The summed E-state index contributed by atoms with van der Waals surface area (Å²) in [5.74, 6) is 0.00315. The third-order valence-corrected chi connectivity index (χ3v) is 5.49. The van der Waals surface area contributed by atoms with Crippen molar-refractivity contribution in [1.29, 1.82) is 0 Å². The Hall–Kier alpha value is -2.16. The van der Waals surface area contributed by atoms with Crippen LogP contribution in [-0.4, -0.2) is 32.1 Å². The second-order valence-corrected chi connectivity index (χ2v) is 8.22. The third kappa shape index (κ3) is 3.72. The van der Waals surface area contributed by atoms with Crippen molar-refractivity contribution in [2.24, 2.45) is 0 Å². The number of fused-ring (bicyclic) bond motifs is 1. The highest BCUT2D eigenvalue weighted by molar-refractivity contribution is 5.91. The molecule has 3 heterocycles. The molecule has 2 fully saturated rings. The molecule has 1 saturated carbocycles. The Morgan fingerprint density at radius 2 is 2.04 bits per heavy atom. The first kappa shape index (κ1) is 19.2. The van der Waals surface area contributed by atoms with Gasteiger partial charge in [-0.3, -0.25) is 14.7 Å². The Bertz CT molecular complexity index is 902. The van der Waals surface area contributed by atoms with E-state index in [1.54, 1.807) is 4.57 Å². The molecule has 6 nitrogen and oxygen atoms in total. The molecule has 1 amide bonds. The summed E-state index contributed by atoms with van der Waals surface area (Å²) in [7, 11) is 0. The Morgan fingerprint density at radius 3 is 2.61 bits per heavy atom. The lowest BCUT2D eigenvalue weighted by molar-refractivity contribution is -0.141. The zero-order valence-corrected chi connectivity index (χ0v) is 15.8. The molecular weight excluding hydrogens is 373 g/mol. The zero-order chi connectivity index (χ0) is 20.1. The van der Waals surface area contributed by atoms with Crippen LogP contribution in [0.3, 0.4) is 0 Å². The van der Waals surface area contributed by atoms with E-state index in [4.69, 9.17) is 4.74 Å². The molecule has 0 spiro atoms. The fourth-order valence-electron chi connectivity index (χ4n) is 3.81. The summed E-state index contributed by atoms with van der Waals surface area (Å²) in [5, 5.41) is 2.77. The molecular formula is C19H23F3N4O2. The van der Waals surface area contributed by atoms with Crippen LogP contribution in [0, 0.1) is 0 Å². The minimum atomic E-state index is -4.53. The summed E-state index contributed by atoms with van der Waals surface area (Å²) in [6, 6.07) is 2.22. The summed E-state index contributed by atoms with van der Waals surface area (Å²) in [6.45, 7) is 3.98. The van der Waals surface area contributed by atoms with Crippen LogP contribution in [0.2, 0.25) is 0 Å². The van der Waals surface area contributed by atoms with E-state index in [1.165, 1.54) is 6.07 Å². The number of rotatable bonds is 4. The number of carbonyl (C=O) groups is 1. The molecule has 1 N–H and O–H groups in total. The number of halogens is 3. The molecule has 1 saturated heterocycles. The maximum atomic E-state index is 13.1. The summed E-state index contributed by atoms with van der Waals surface area (Å²) in [4.78, 5) is 20.7. The summed E-state index contributed by atoms with van der Waals surface area (Å²) in [5.41, 5.74) is -0.691. The topological polar surface area (TPSA) is 69.0 Å². The Morgan fingerprint density at radius 1 is 1.29 bits per heavy atom. The standard InChI is InChI=1S/C19H23F3N4O2/c1-18(2)9-8-12(28-18)10-15(27)25-17-23-13-6-7-14(19(20,21)22)24-16(13)26(17)11-4-3-5-11/h6-7,11-12H,3-5,8-10H2,1-2H3,(H,23,25,27). The van der Waals surface area contributed by atoms with Gasteiger partial charge in [-0.05, 0) is 58.1 Å². The van der Waals surface area contributed by atoms with E-state index in [9.17, 15) is 18.0 Å². The van der Waals surface area contributed by atoms with Gasteiger partial charge in [-0.2, -0.15) is 13.2 Å². The van der Waals surface area contributed by atoms with Gasteiger partial charge in [-0.1, -0.05) is 0 Å². The Balaban J connectivity index is 1.60. The number of aromatic nitrogens is 3. The highest BCUT2D eigenvalue weighted by Gasteiger charge is 2.35. The van der Waals surface area contributed by atoms with Crippen molar-refractivity contribution in [3.05, 3.63) is 17.8 Å². The van der Waals surface area contributed by atoms with E-state index in [0.29, 0.717) is 5.52 Å². The van der Waals surface area contributed by atoms with Crippen LogP contribution in [0.5, 0.6) is 0 Å². The summed E-state index contributed by atoms with van der Waals surface area (Å²) in [6.07, 6.45) is -0.171. The van der Waals surface area contributed by atoms with Crippen LogP contribution < -0.4 is 5.32 Å². The first-order chi connectivity index (χ1) is 13.1. The number of nitrogens with one attached hydrogen (secondary N) is 1. The first-order valence-corrected chi connectivity index (χ1v) is 9.56. The van der Waals surface area contributed by atoms with Gasteiger partial charge in [0.25, 0.3) is 0 Å². The van der Waals surface area contributed by atoms with Gasteiger partial charge in [0.1, 0.15) is 11.2 Å². The van der Waals surface area contributed by atoms with Crippen LogP contribution in [0.15, 0.2) is 12.1 Å². The highest BCUT2D eigenvalue weighted by atomic mass is 19.4. The molecule has 0 radical (unpaired) electrons. The summed E-state index contributed by atoms with van der Waals surface area (Å²) >= 11 is 0. The number of hydrogen-bond acceptors (Lipinski definition) is 4. The number of carbonyl (C=O) groups excluding carboxylic acids is 1.